The van der Waals surface area contributed by atoms with E-state index in [0.717, 1.165) is 0 Å². The van der Waals surface area contributed by atoms with Crippen LogP contribution in [0, 0.1) is 5.92 Å². The summed E-state index contributed by atoms with van der Waals surface area (Å²) in [6, 6.07) is 11.0. The Morgan fingerprint density at radius 1 is 1.20 bits per heavy atom. The quantitative estimate of drug-likeness (QED) is 0.380. The maximum Gasteiger partial charge on any atom is 0.321 e. The van der Waals surface area contributed by atoms with Crippen molar-refractivity contribution >= 4 is 29.2 Å². The Hall–Kier alpha value is -4.71. The summed E-state index contributed by atoms with van der Waals surface area (Å²) in [4.78, 5) is 50.7. The van der Waals surface area contributed by atoms with Crippen molar-refractivity contribution < 1.29 is 29.0 Å². The second kappa shape index (κ2) is 13.1. The average molecular weight is 563 g/mol. The molecule has 12 nitrogen and oxygen atoms in total. The molecule has 4 amide bonds. The summed E-state index contributed by atoms with van der Waals surface area (Å²) >= 11 is 0. The third-order valence-electron chi connectivity index (χ3n) is 6.88. The first-order valence-corrected chi connectivity index (χ1v) is 13.2. The zero-order valence-corrected chi connectivity index (χ0v) is 23.4. The first-order valence-electron chi connectivity index (χ1n) is 13.2. The summed E-state index contributed by atoms with van der Waals surface area (Å²) in [6.07, 6.45) is 3.63. The minimum Gasteiger partial charge on any atom is -0.497 e. The number of hydrogen-bond donors (Lipinski definition) is 3. The Balaban J connectivity index is 1.62. The molecule has 41 heavy (non-hydrogen) atoms. The van der Waals surface area contributed by atoms with E-state index in [1.807, 2.05) is 6.92 Å². The molecule has 3 N–H and O–H groups in total. The van der Waals surface area contributed by atoms with Crippen molar-refractivity contribution in [1.29, 1.82) is 0 Å². The van der Waals surface area contributed by atoms with E-state index in [1.165, 1.54) is 23.5 Å². The Bertz CT molecular complexity index is 1370. The molecule has 4 rings (SSSR count). The van der Waals surface area contributed by atoms with Gasteiger partial charge in [0, 0.05) is 37.6 Å². The van der Waals surface area contributed by atoms with Gasteiger partial charge in [-0.1, -0.05) is 13.0 Å². The summed E-state index contributed by atoms with van der Waals surface area (Å²) < 4.78 is 11.6. The van der Waals surface area contributed by atoms with E-state index in [0.29, 0.717) is 11.4 Å². The summed E-state index contributed by atoms with van der Waals surface area (Å²) in [5.74, 6) is -0.268. The lowest BCUT2D eigenvalue weighted by Gasteiger charge is -2.38. The smallest absolute Gasteiger partial charge is 0.321 e. The molecule has 0 saturated heterocycles. The minimum absolute atomic E-state index is 0.0951. The summed E-state index contributed by atoms with van der Waals surface area (Å²) in [7, 11) is 3.22. The molecule has 216 valence electrons. The highest BCUT2D eigenvalue weighted by molar-refractivity contribution is 6.06. The fraction of sp³-hybridized carbons (Fsp3) is 0.345. The van der Waals surface area contributed by atoms with Crippen LogP contribution in [0.5, 0.6) is 11.5 Å². The number of para-hydroxylation sites is 1. The van der Waals surface area contributed by atoms with Crippen molar-refractivity contribution in [2.45, 2.75) is 26.0 Å². The highest BCUT2D eigenvalue weighted by Gasteiger charge is 2.35. The van der Waals surface area contributed by atoms with Crippen LogP contribution in [-0.2, 0) is 0 Å². The van der Waals surface area contributed by atoms with Gasteiger partial charge in [-0.15, -0.1) is 0 Å². The fourth-order valence-electron chi connectivity index (χ4n) is 4.41. The molecule has 1 aliphatic rings. The number of nitrogens with one attached hydrogen (secondary N) is 2. The number of fused-ring (bicyclic) bond motifs is 1. The standard InChI is InChI=1S/C29H34N6O6/c1-18-15-35(19(2)17-36)28(38)22-6-5-7-23(33-27(37)24-14-30-12-13-31-24)26(22)41-25(18)16-34(3)29(39)32-20-8-10-21(40-4)11-9-20/h5-14,18-19,25,36H,15-17H2,1-4H3,(H,32,39)(H,33,37)/t18-,19-,25-/m0/s1. The maximum atomic E-state index is 13.6. The van der Waals surface area contributed by atoms with E-state index in [1.54, 1.807) is 68.4 Å². The average Bonchev–Trinajstić information content (AvgIpc) is 2.99. The first-order chi connectivity index (χ1) is 19.7. The Morgan fingerprint density at radius 3 is 2.61 bits per heavy atom. The van der Waals surface area contributed by atoms with Crippen LogP contribution in [-0.4, -0.2) is 88.7 Å². The molecule has 3 atom stereocenters. The van der Waals surface area contributed by atoms with Gasteiger partial charge in [-0.05, 0) is 43.3 Å². The van der Waals surface area contributed by atoms with Gasteiger partial charge >= 0.3 is 6.03 Å². The molecular formula is C29H34N6O6. The third-order valence-corrected chi connectivity index (χ3v) is 6.88. The third kappa shape index (κ3) is 6.90. The fourth-order valence-corrected chi connectivity index (χ4v) is 4.41. The molecule has 0 radical (unpaired) electrons. The normalized spacial score (nSPS) is 17.3. The predicted molar refractivity (Wildman–Crippen MR) is 152 cm³/mol. The van der Waals surface area contributed by atoms with Crippen LogP contribution in [0.25, 0.3) is 0 Å². The largest absolute Gasteiger partial charge is 0.497 e. The van der Waals surface area contributed by atoms with Gasteiger partial charge in [0.15, 0.2) is 5.75 Å². The second-order valence-electron chi connectivity index (χ2n) is 9.89. The van der Waals surface area contributed by atoms with Gasteiger partial charge in [-0.3, -0.25) is 14.6 Å². The number of aliphatic hydroxyl groups is 1. The van der Waals surface area contributed by atoms with Crippen molar-refractivity contribution in [3.8, 4) is 11.5 Å². The number of carbonyl (C=O) groups is 3. The van der Waals surface area contributed by atoms with E-state index in [9.17, 15) is 19.5 Å². The van der Waals surface area contributed by atoms with Crippen LogP contribution in [0.4, 0.5) is 16.2 Å². The number of hydrogen-bond acceptors (Lipinski definition) is 8. The van der Waals surface area contributed by atoms with E-state index in [4.69, 9.17) is 9.47 Å². The molecule has 3 aromatic rings. The number of rotatable bonds is 8. The summed E-state index contributed by atoms with van der Waals surface area (Å²) in [5, 5.41) is 15.5. The molecular weight excluding hydrogens is 528 g/mol. The van der Waals surface area contributed by atoms with Gasteiger partial charge in [0.1, 0.15) is 17.5 Å². The van der Waals surface area contributed by atoms with Crippen molar-refractivity contribution in [1.82, 2.24) is 19.8 Å². The number of urea groups is 1. The van der Waals surface area contributed by atoms with Crippen LogP contribution in [0.3, 0.4) is 0 Å². The van der Waals surface area contributed by atoms with E-state index < -0.39 is 18.1 Å². The van der Waals surface area contributed by atoms with Gasteiger partial charge < -0.3 is 35.0 Å². The Kier molecular flexibility index (Phi) is 9.35. The van der Waals surface area contributed by atoms with Crippen LogP contribution >= 0.6 is 0 Å². The van der Waals surface area contributed by atoms with Gasteiger partial charge in [-0.2, -0.15) is 0 Å². The SMILES string of the molecule is COc1ccc(NC(=O)N(C)C[C@@H]2Oc3c(NC(=O)c4cnccn4)cccc3C(=O)N([C@@H](C)CO)C[C@@H]2C)cc1. The summed E-state index contributed by atoms with van der Waals surface area (Å²) in [6.45, 7) is 3.90. The van der Waals surface area contributed by atoms with E-state index in [2.05, 4.69) is 20.6 Å². The van der Waals surface area contributed by atoms with Gasteiger partial charge in [0.05, 0.1) is 43.8 Å². The number of aliphatic hydroxyl groups excluding tert-OH is 1. The molecule has 0 aliphatic carbocycles. The number of likely N-dealkylation sites (N-methyl/N-ethyl adjacent to an activating group) is 1. The highest BCUT2D eigenvalue weighted by Crippen LogP contribution is 2.35. The molecule has 2 heterocycles. The number of carbonyl (C=O) groups excluding carboxylic acids is 3. The zero-order valence-electron chi connectivity index (χ0n) is 23.4. The van der Waals surface area contributed by atoms with Gasteiger partial charge in [-0.25, -0.2) is 9.78 Å². The van der Waals surface area contributed by atoms with E-state index in [-0.39, 0.29) is 60.2 Å². The van der Waals surface area contributed by atoms with Crippen LogP contribution in [0.1, 0.15) is 34.7 Å². The molecule has 1 aliphatic heterocycles. The number of aromatic nitrogens is 2. The van der Waals surface area contributed by atoms with Crippen molar-refractivity contribution in [2.75, 3.05) is 44.5 Å². The second-order valence-corrected chi connectivity index (χ2v) is 9.89. The summed E-state index contributed by atoms with van der Waals surface area (Å²) in [5.41, 5.74) is 1.19. The number of methoxy groups -OCH3 is 1. The maximum absolute atomic E-state index is 13.6. The zero-order chi connectivity index (χ0) is 29.5. The lowest BCUT2D eigenvalue weighted by atomic mass is 9.99. The minimum atomic E-state index is -0.573. The Labute approximate surface area is 238 Å². The van der Waals surface area contributed by atoms with Gasteiger partial charge in [0.25, 0.3) is 11.8 Å². The molecule has 0 bridgehead atoms. The number of ether oxygens (including phenoxy) is 2. The molecule has 0 spiro atoms. The molecule has 0 saturated carbocycles. The van der Waals surface area contributed by atoms with E-state index >= 15 is 0 Å². The number of nitrogens with zero attached hydrogens (tertiary/aromatic N) is 4. The molecule has 1 aromatic heterocycles. The molecule has 0 fully saturated rings. The van der Waals surface area contributed by atoms with Crippen LogP contribution in [0.2, 0.25) is 0 Å². The van der Waals surface area contributed by atoms with Crippen molar-refractivity contribution in [3.05, 3.63) is 72.3 Å². The monoisotopic (exact) mass is 562 g/mol. The Morgan fingerprint density at radius 2 is 1.95 bits per heavy atom. The van der Waals surface area contributed by atoms with Gasteiger partial charge in [0.2, 0.25) is 0 Å². The first kappa shape index (κ1) is 29.3. The highest BCUT2D eigenvalue weighted by atomic mass is 16.5. The molecule has 0 unspecified atom stereocenters. The predicted octanol–water partition coefficient (Wildman–Crippen LogP) is 3.12. The topological polar surface area (TPSA) is 146 Å². The van der Waals surface area contributed by atoms with Crippen LogP contribution < -0.4 is 20.1 Å². The number of amides is 4. The van der Waals surface area contributed by atoms with Crippen molar-refractivity contribution in [2.24, 2.45) is 5.92 Å². The number of anilines is 2. The van der Waals surface area contributed by atoms with Crippen LogP contribution in [0.15, 0.2) is 61.1 Å². The molecule has 2 aromatic carbocycles. The van der Waals surface area contributed by atoms with Crippen molar-refractivity contribution in [3.63, 3.8) is 0 Å². The lowest BCUT2D eigenvalue weighted by Crippen LogP contribution is -2.50. The number of benzene rings is 2. The molecule has 12 heteroatoms. The lowest BCUT2D eigenvalue weighted by molar-refractivity contribution is 0.0372.